The van der Waals surface area contributed by atoms with Gasteiger partial charge in [-0.3, -0.25) is 0 Å². The van der Waals surface area contributed by atoms with Crippen LogP contribution in [0.2, 0.25) is 0 Å². The minimum absolute atomic E-state index is 0. The summed E-state index contributed by atoms with van der Waals surface area (Å²) in [6.07, 6.45) is 2.30. The lowest BCUT2D eigenvalue weighted by atomic mass is 9.87. The fourth-order valence-electron chi connectivity index (χ4n) is 9.03. The summed E-state index contributed by atoms with van der Waals surface area (Å²) >= 11 is 0. The summed E-state index contributed by atoms with van der Waals surface area (Å²) in [6, 6.07) is 37.8. The number of hydrogen-bond acceptors (Lipinski definition) is 14. The van der Waals surface area contributed by atoms with Gasteiger partial charge in [-0.1, -0.05) is 80.2 Å². The molecule has 6 N–H and O–H groups in total. The van der Waals surface area contributed by atoms with Crippen molar-refractivity contribution in [2.45, 2.75) is 111 Å². The zero-order chi connectivity index (χ0) is 53.2. The lowest BCUT2D eigenvalue weighted by Gasteiger charge is -2.34. The number of nitrogen functional groups attached to an aromatic ring is 2. The number of aromatic hydroxyl groups is 2. The monoisotopic (exact) mass is 1020 g/mol. The number of nitriles is 2. The highest BCUT2D eigenvalue weighted by Gasteiger charge is 2.33. The van der Waals surface area contributed by atoms with E-state index in [0.29, 0.717) is 73.3 Å². The molecule has 6 aromatic rings. The predicted molar refractivity (Wildman–Crippen MR) is 289 cm³/mol. The average Bonchev–Trinajstić information content (AvgIpc) is 3.37. The first kappa shape index (κ1) is 55.8. The van der Waals surface area contributed by atoms with Crippen molar-refractivity contribution in [3.8, 4) is 57.7 Å². The van der Waals surface area contributed by atoms with Crippen molar-refractivity contribution in [3.63, 3.8) is 0 Å². The maximum absolute atomic E-state index is 12.9. The van der Waals surface area contributed by atoms with Crippen LogP contribution in [0.25, 0.3) is 22.5 Å². The molecule has 2 unspecified atom stereocenters. The van der Waals surface area contributed by atoms with Crippen LogP contribution in [0.4, 0.5) is 21.2 Å². The summed E-state index contributed by atoms with van der Waals surface area (Å²) in [6.45, 7) is 13.6. The van der Waals surface area contributed by atoms with Crippen molar-refractivity contribution in [1.29, 1.82) is 10.5 Å². The first-order valence-corrected chi connectivity index (χ1v) is 24.7. The molecular weight excluding hydrogens is 949 g/mol. The van der Waals surface area contributed by atoms with Crippen LogP contribution in [0.5, 0.6) is 23.0 Å². The number of pyridine rings is 2. The van der Waals surface area contributed by atoms with Crippen molar-refractivity contribution < 1.29 is 38.7 Å². The molecule has 392 valence electrons. The van der Waals surface area contributed by atoms with Crippen LogP contribution < -0.4 is 20.9 Å². The number of piperidine rings is 2. The van der Waals surface area contributed by atoms with Gasteiger partial charge >= 0.3 is 12.2 Å². The van der Waals surface area contributed by atoms with E-state index in [1.165, 1.54) is 18.2 Å². The maximum atomic E-state index is 12.9. The van der Waals surface area contributed by atoms with Crippen molar-refractivity contribution in [1.82, 2.24) is 19.8 Å². The lowest BCUT2D eigenvalue weighted by Crippen LogP contribution is -2.42. The van der Waals surface area contributed by atoms with Gasteiger partial charge in [0.15, 0.2) is 0 Å². The fraction of sp³-hybridized carbons (Fsp3) is 0.356. The van der Waals surface area contributed by atoms with Crippen molar-refractivity contribution in [2.24, 2.45) is 0 Å². The Hall–Kier alpha value is -8.50. The van der Waals surface area contributed by atoms with E-state index in [-0.39, 0.29) is 65.3 Å². The van der Waals surface area contributed by atoms with Crippen LogP contribution in [-0.2, 0) is 22.7 Å². The number of carbonyl (C=O) groups is 2. The van der Waals surface area contributed by atoms with Crippen LogP contribution >= 0.6 is 0 Å². The van der Waals surface area contributed by atoms with Gasteiger partial charge in [0.05, 0.1) is 33.6 Å². The van der Waals surface area contributed by atoms with Gasteiger partial charge in [-0.2, -0.15) is 10.5 Å². The summed E-state index contributed by atoms with van der Waals surface area (Å²) in [5, 5.41) is 40.2. The lowest BCUT2D eigenvalue weighted by molar-refractivity contribution is 0.0188. The van der Waals surface area contributed by atoms with Gasteiger partial charge in [-0.25, -0.2) is 19.6 Å². The molecule has 0 spiro atoms. The number of carbonyl (C=O) groups excluding carboxylic acids is 2. The van der Waals surface area contributed by atoms with Crippen molar-refractivity contribution in [3.05, 3.63) is 143 Å². The van der Waals surface area contributed by atoms with Gasteiger partial charge in [-0.15, -0.1) is 0 Å². The topological polar surface area (TPSA) is 243 Å². The molecule has 16 nitrogen and oxygen atoms in total. The molecule has 2 aliphatic rings. The molecule has 2 saturated heterocycles. The quantitative estimate of drug-likeness (QED) is 0.0997. The number of benzene rings is 4. The third-order valence-corrected chi connectivity index (χ3v) is 12.4. The molecule has 0 saturated carbocycles. The van der Waals surface area contributed by atoms with Crippen LogP contribution in [0, 0.1) is 22.7 Å². The van der Waals surface area contributed by atoms with Crippen molar-refractivity contribution >= 4 is 23.8 Å². The van der Waals surface area contributed by atoms with E-state index in [1.54, 1.807) is 15.9 Å². The SMILES string of the molecule is C.CC(C)(C)OC(=O)N1CCCC(c2cc(-c3c(O)cccc3O)nc(N)c2C#N)C1.CC(C)(C)OC(=O)N1CCCC(c2cc(-c3c(OCc4ccccc4)cccc3OCc3ccccc3)nc(N)c2C#N)C1. The minimum Gasteiger partial charge on any atom is -0.507 e. The van der Waals surface area contributed by atoms with Crippen LogP contribution in [-0.4, -0.2) is 79.5 Å². The van der Waals surface area contributed by atoms with E-state index in [4.69, 9.17) is 35.4 Å². The minimum atomic E-state index is -0.601. The number of hydrogen-bond donors (Lipinski definition) is 4. The number of rotatable bonds is 10. The second-order valence-electron chi connectivity index (χ2n) is 20.3. The fourth-order valence-corrected chi connectivity index (χ4v) is 9.03. The molecule has 2 fully saturated rings. The number of phenols is 2. The molecule has 4 aromatic carbocycles. The zero-order valence-corrected chi connectivity index (χ0v) is 42.8. The number of ether oxygens (including phenoxy) is 4. The van der Waals surface area contributed by atoms with E-state index in [2.05, 4.69) is 17.1 Å². The van der Waals surface area contributed by atoms with Gasteiger partial charge < -0.3 is 50.4 Å². The summed E-state index contributed by atoms with van der Waals surface area (Å²) < 4.78 is 23.8. The molecule has 2 aromatic heterocycles. The predicted octanol–water partition coefficient (Wildman–Crippen LogP) is 11.8. The Morgan fingerprint density at radius 2 is 1.00 bits per heavy atom. The highest BCUT2D eigenvalue weighted by Crippen LogP contribution is 2.43. The zero-order valence-electron chi connectivity index (χ0n) is 42.8. The number of nitrogens with two attached hydrogens (primary N) is 2. The summed E-state index contributed by atoms with van der Waals surface area (Å²) in [5.74, 6) is 0.748. The largest absolute Gasteiger partial charge is 0.507 e. The molecule has 75 heavy (non-hydrogen) atoms. The normalized spacial score (nSPS) is 15.4. The summed E-state index contributed by atoms with van der Waals surface area (Å²) in [5.41, 5.74) is 16.9. The molecule has 8 rings (SSSR count). The van der Waals surface area contributed by atoms with E-state index in [9.17, 15) is 30.3 Å². The number of likely N-dealkylation sites (tertiary alicyclic amines) is 2. The Morgan fingerprint density at radius 3 is 1.39 bits per heavy atom. The van der Waals surface area contributed by atoms with Crippen LogP contribution in [0.15, 0.2) is 109 Å². The summed E-state index contributed by atoms with van der Waals surface area (Å²) in [4.78, 5) is 37.7. The van der Waals surface area contributed by atoms with E-state index >= 15 is 0 Å². The van der Waals surface area contributed by atoms with Crippen molar-refractivity contribution in [2.75, 3.05) is 37.6 Å². The number of phenolic OH excluding ortho intramolecular Hbond substituents is 2. The molecule has 0 bridgehead atoms. The number of amides is 2. The molecular formula is C59H68N8O8. The van der Waals surface area contributed by atoms with Crippen LogP contribution in [0.3, 0.4) is 0 Å². The molecule has 16 heteroatoms. The first-order valence-electron chi connectivity index (χ1n) is 24.7. The number of aromatic nitrogens is 2. The standard InChI is InChI=1S/C36H38N4O4.C22H26N4O4.CH4/c1-36(2,3)44-35(41)40-19-11-16-27(22-40)28-20-30(39-34(38)29(28)21-37)33-31(42-23-25-12-6-4-7-13-25)17-10-18-32(33)43-24-26-14-8-5-9-15-26;1-22(2,3)30-21(29)26-9-5-6-13(12-26)14-10-16(25-20(24)15(14)11-23)19-17(27)7-4-8-18(19)28;/h4-10,12-15,17-18,20,27H,11,16,19,22-24H2,1-3H3,(H2,38,39);4,7-8,10,13,27-28H,5-6,9,12H2,1-3H3,(H2,24,25);1H4. The van der Waals surface area contributed by atoms with Crippen LogP contribution in [0.1, 0.15) is 120 Å². The molecule has 0 radical (unpaired) electrons. The van der Waals surface area contributed by atoms with E-state index in [0.717, 1.165) is 42.4 Å². The smallest absolute Gasteiger partial charge is 0.410 e. The second kappa shape index (κ2) is 24.5. The van der Waals surface area contributed by atoms with E-state index < -0.39 is 17.3 Å². The molecule has 2 amide bonds. The average molecular weight is 1020 g/mol. The van der Waals surface area contributed by atoms with E-state index in [1.807, 2.05) is 126 Å². The molecule has 2 atom stereocenters. The second-order valence-corrected chi connectivity index (χ2v) is 20.3. The van der Waals surface area contributed by atoms with Gasteiger partial charge in [0.2, 0.25) is 0 Å². The Balaban J connectivity index is 0.000000258. The molecule has 2 aliphatic heterocycles. The Morgan fingerprint density at radius 1 is 0.613 bits per heavy atom. The highest BCUT2D eigenvalue weighted by atomic mass is 16.6. The highest BCUT2D eigenvalue weighted by molar-refractivity contribution is 5.78. The van der Waals surface area contributed by atoms with Gasteiger partial charge in [-0.05, 0) is 126 Å². The van der Waals surface area contributed by atoms with Gasteiger partial charge in [0.1, 0.15) is 71.2 Å². The summed E-state index contributed by atoms with van der Waals surface area (Å²) in [7, 11) is 0. The first-order chi connectivity index (χ1) is 35.3. The molecule has 0 aliphatic carbocycles. The third kappa shape index (κ3) is 14.4. The Bertz CT molecular complexity index is 2950. The number of anilines is 2. The maximum Gasteiger partial charge on any atom is 0.410 e. The van der Waals surface area contributed by atoms with Gasteiger partial charge in [0.25, 0.3) is 0 Å². The number of nitrogens with zero attached hydrogens (tertiary/aromatic N) is 6. The molecule has 4 heterocycles. The van der Waals surface area contributed by atoms with Gasteiger partial charge in [0, 0.05) is 38.0 Å². The third-order valence-electron chi connectivity index (χ3n) is 12.4. The Labute approximate surface area is 440 Å². The Kier molecular flexibility index (Phi) is 18.2.